The van der Waals surface area contributed by atoms with Gasteiger partial charge in [0.15, 0.2) is 17.3 Å². The molecule has 10 nitrogen and oxygen atoms in total. The second-order valence-corrected chi connectivity index (χ2v) is 11.1. The molecular weight excluding hydrogens is 508 g/mol. The number of carbonyl (C=O) groups is 2. The Labute approximate surface area is 234 Å². The van der Waals surface area contributed by atoms with Gasteiger partial charge in [0.2, 0.25) is 12.7 Å². The Morgan fingerprint density at radius 3 is 2.48 bits per heavy atom. The second kappa shape index (κ2) is 11.8. The summed E-state index contributed by atoms with van der Waals surface area (Å²) in [6.45, 7) is 8.76. The first-order valence-electron chi connectivity index (χ1n) is 13.6. The van der Waals surface area contributed by atoms with Crippen LogP contribution in [0.25, 0.3) is 11.3 Å². The van der Waals surface area contributed by atoms with Gasteiger partial charge in [-0.15, -0.1) is 10.2 Å². The second-order valence-electron chi connectivity index (χ2n) is 11.1. The van der Waals surface area contributed by atoms with Crippen LogP contribution in [-0.4, -0.2) is 77.0 Å². The number of aromatic nitrogens is 2. The number of benzene rings is 2. The van der Waals surface area contributed by atoms with Gasteiger partial charge in [0.05, 0.1) is 5.69 Å². The van der Waals surface area contributed by atoms with Crippen molar-refractivity contribution in [3.8, 4) is 22.8 Å². The van der Waals surface area contributed by atoms with Crippen LogP contribution in [0.5, 0.6) is 11.5 Å². The van der Waals surface area contributed by atoms with Gasteiger partial charge in [-0.25, -0.2) is 4.79 Å². The Hall–Kier alpha value is -4.34. The molecule has 3 amide bonds. The Kier molecular flexibility index (Phi) is 8.04. The van der Waals surface area contributed by atoms with Gasteiger partial charge in [0.25, 0.3) is 0 Å². The van der Waals surface area contributed by atoms with Crippen molar-refractivity contribution in [3.05, 3.63) is 66.2 Å². The Morgan fingerprint density at radius 2 is 1.73 bits per heavy atom. The maximum Gasteiger partial charge on any atom is 0.318 e. The van der Waals surface area contributed by atoms with E-state index in [2.05, 4.69) is 20.4 Å². The van der Waals surface area contributed by atoms with Crippen molar-refractivity contribution in [2.24, 2.45) is 0 Å². The fraction of sp³-hybridized carbons (Fsp3) is 0.400. The SMILES string of the molecule is CC(C)(C)NC(=O)N(CC(=O)N1CCCN(c2ccc(-c3ccccc3)nn2)CC1)Cc1ccc2c(c1)OCO2. The summed E-state index contributed by atoms with van der Waals surface area (Å²) in [6.07, 6.45) is 0.796. The largest absolute Gasteiger partial charge is 0.454 e. The fourth-order valence-corrected chi connectivity index (χ4v) is 4.78. The molecule has 2 aromatic carbocycles. The Morgan fingerprint density at radius 1 is 0.925 bits per heavy atom. The highest BCUT2D eigenvalue weighted by Crippen LogP contribution is 2.33. The zero-order valence-electron chi connectivity index (χ0n) is 23.3. The molecule has 0 radical (unpaired) electrons. The average Bonchev–Trinajstić information content (AvgIpc) is 3.26. The van der Waals surface area contributed by atoms with Crippen LogP contribution in [0, 0.1) is 0 Å². The van der Waals surface area contributed by atoms with Gasteiger partial charge < -0.3 is 29.5 Å². The summed E-state index contributed by atoms with van der Waals surface area (Å²) >= 11 is 0. The first-order chi connectivity index (χ1) is 19.2. The lowest BCUT2D eigenvalue weighted by Gasteiger charge is -2.30. The third kappa shape index (κ3) is 6.80. The van der Waals surface area contributed by atoms with Gasteiger partial charge in [-0.2, -0.15) is 0 Å². The number of rotatable bonds is 6. The lowest BCUT2D eigenvalue weighted by Crippen LogP contribution is -2.51. The highest BCUT2D eigenvalue weighted by molar-refractivity contribution is 5.84. The fourth-order valence-electron chi connectivity index (χ4n) is 4.78. The van der Waals surface area contributed by atoms with E-state index in [9.17, 15) is 9.59 Å². The van der Waals surface area contributed by atoms with Gasteiger partial charge in [-0.1, -0.05) is 36.4 Å². The van der Waals surface area contributed by atoms with Gasteiger partial charge in [0.1, 0.15) is 6.54 Å². The third-order valence-corrected chi connectivity index (χ3v) is 6.80. The number of hydrogen-bond donors (Lipinski definition) is 1. The van der Waals surface area contributed by atoms with Crippen LogP contribution in [0.4, 0.5) is 10.6 Å². The van der Waals surface area contributed by atoms with E-state index < -0.39 is 5.54 Å². The van der Waals surface area contributed by atoms with Crippen molar-refractivity contribution in [2.45, 2.75) is 39.3 Å². The lowest BCUT2D eigenvalue weighted by molar-refractivity contribution is -0.131. The van der Waals surface area contributed by atoms with Crippen molar-refractivity contribution >= 4 is 17.8 Å². The quantitative estimate of drug-likeness (QED) is 0.502. The summed E-state index contributed by atoms with van der Waals surface area (Å²) in [5.74, 6) is 2.03. The minimum absolute atomic E-state index is 0.0259. The predicted molar refractivity (Wildman–Crippen MR) is 152 cm³/mol. The molecule has 2 aliphatic rings. The Bertz CT molecular complexity index is 1330. The molecule has 1 saturated heterocycles. The van der Waals surface area contributed by atoms with Crippen molar-refractivity contribution in [1.29, 1.82) is 0 Å². The molecule has 3 heterocycles. The number of nitrogens with zero attached hydrogens (tertiary/aromatic N) is 5. The van der Waals surface area contributed by atoms with Crippen LogP contribution in [0.15, 0.2) is 60.7 Å². The summed E-state index contributed by atoms with van der Waals surface area (Å²) in [5.41, 5.74) is 2.27. The third-order valence-electron chi connectivity index (χ3n) is 6.80. The summed E-state index contributed by atoms with van der Waals surface area (Å²) in [6, 6.07) is 19.2. The molecule has 40 heavy (non-hydrogen) atoms. The number of fused-ring (bicyclic) bond motifs is 1. The molecule has 1 aromatic heterocycles. The van der Waals surface area contributed by atoms with Crippen LogP contribution >= 0.6 is 0 Å². The monoisotopic (exact) mass is 544 g/mol. The standard InChI is InChI=1S/C30H36N6O4/c1-30(2,3)31-29(38)36(19-22-10-12-25-26(18-22)40-21-39-25)20-28(37)35-15-7-14-34(16-17-35)27-13-11-24(32-33-27)23-8-5-4-6-9-23/h4-6,8-13,18H,7,14-17,19-21H2,1-3H3,(H,31,38). The van der Waals surface area contributed by atoms with Gasteiger partial charge in [-0.05, 0) is 57.0 Å². The summed E-state index contributed by atoms with van der Waals surface area (Å²) in [7, 11) is 0. The molecule has 10 heteroatoms. The minimum Gasteiger partial charge on any atom is -0.454 e. The number of nitrogens with one attached hydrogen (secondary N) is 1. The Balaban J connectivity index is 1.23. The number of anilines is 1. The molecular formula is C30H36N6O4. The number of carbonyl (C=O) groups excluding carboxylic acids is 2. The molecule has 1 fully saturated rings. The van der Waals surface area contributed by atoms with E-state index in [1.807, 2.05) is 86.3 Å². The molecule has 1 N–H and O–H groups in total. The predicted octanol–water partition coefficient (Wildman–Crippen LogP) is 3.92. The highest BCUT2D eigenvalue weighted by Gasteiger charge is 2.27. The summed E-state index contributed by atoms with van der Waals surface area (Å²) in [4.78, 5) is 32.2. The number of urea groups is 1. The molecule has 0 spiro atoms. The average molecular weight is 545 g/mol. The van der Waals surface area contributed by atoms with Crippen LogP contribution in [-0.2, 0) is 11.3 Å². The smallest absolute Gasteiger partial charge is 0.318 e. The number of hydrogen-bond acceptors (Lipinski definition) is 7. The van der Waals surface area contributed by atoms with Gasteiger partial charge >= 0.3 is 6.03 Å². The normalized spacial score (nSPS) is 15.0. The van der Waals surface area contributed by atoms with E-state index in [1.165, 1.54) is 0 Å². The van der Waals surface area contributed by atoms with Gasteiger partial charge in [-0.3, -0.25) is 4.79 Å². The van der Waals surface area contributed by atoms with Crippen molar-refractivity contribution in [3.63, 3.8) is 0 Å². The molecule has 0 aliphatic carbocycles. The van der Waals surface area contributed by atoms with E-state index in [-0.39, 0.29) is 31.8 Å². The highest BCUT2D eigenvalue weighted by atomic mass is 16.7. The molecule has 0 saturated carbocycles. The van der Waals surface area contributed by atoms with E-state index in [0.717, 1.165) is 35.6 Å². The number of amides is 3. The first kappa shape index (κ1) is 27.2. The maximum atomic E-state index is 13.5. The molecule has 5 rings (SSSR count). The van der Waals surface area contributed by atoms with Crippen molar-refractivity contribution in [2.75, 3.05) is 44.4 Å². The summed E-state index contributed by atoms with van der Waals surface area (Å²) in [5, 5.41) is 11.9. The number of ether oxygens (including phenoxy) is 2. The van der Waals surface area contributed by atoms with Crippen molar-refractivity contribution < 1.29 is 19.1 Å². The van der Waals surface area contributed by atoms with Crippen LogP contribution in [0.2, 0.25) is 0 Å². The topological polar surface area (TPSA) is 100 Å². The minimum atomic E-state index is -0.437. The van der Waals surface area contributed by atoms with E-state index in [4.69, 9.17) is 9.47 Å². The summed E-state index contributed by atoms with van der Waals surface area (Å²) < 4.78 is 10.9. The zero-order valence-corrected chi connectivity index (χ0v) is 23.3. The zero-order chi connectivity index (χ0) is 28.1. The molecule has 3 aromatic rings. The van der Waals surface area contributed by atoms with Crippen LogP contribution in [0.1, 0.15) is 32.8 Å². The van der Waals surface area contributed by atoms with E-state index in [1.54, 1.807) is 4.90 Å². The van der Waals surface area contributed by atoms with E-state index in [0.29, 0.717) is 31.1 Å². The first-order valence-corrected chi connectivity index (χ1v) is 13.6. The lowest BCUT2D eigenvalue weighted by atomic mass is 10.1. The van der Waals surface area contributed by atoms with Crippen molar-refractivity contribution in [1.82, 2.24) is 25.3 Å². The molecule has 0 bridgehead atoms. The van der Waals surface area contributed by atoms with Crippen LogP contribution < -0.4 is 19.7 Å². The van der Waals surface area contributed by atoms with E-state index >= 15 is 0 Å². The van der Waals surface area contributed by atoms with Gasteiger partial charge in [0, 0.05) is 43.8 Å². The maximum absolute atomic E-state index is 13.5. The molecule has 0 unspecified atom stereocenters. The molecule has 0 atom stereocenters. The molecule has 2 aliphatic heterocycles. The van der Waals surface area contributed by atoms with Crippen LogP contribution in [0.3, 0.4) is 0 Å². The molecule has 210 valence electrons.